The molecule has 38 heavy (non-hydrogen) atoms. The van der Waals surface area contributed by atoms with E-state index >= 15 is 0 Å². The predicted molar refractivity (Wildman–Crippen MR) is 145 cm³/mol. The SMILES string of the molecule is COC(=O)CCC(=O)c1ccc(-c2ccc(N=Nc3cc(S(=O)(=O)O)c4ccccc4c3N)cn2)cc1.[NaH]. The fourth-order valence-corrected chi connectivity index (χ4v) is 4.38. The molecule has 0 fully saturated rings. The molecule has 10 nitrogen and oxygen atoms in total. The molecule has 1 aromatic heterocycles. The summed E-state index contributed by atoms with van der Waals surface area (Å²) in [5.41, 5.74) is 8.75. The number of nitrogen functional groups attached to an aromatic ring is 1. The van der Waals surface area contributed by atoms with Gasteiger partial charge in [-0.05, 0) is 18.2 Å². The molecule has 0 unspecified atom stereocenters. The molecule has 0 amide bonds. The van der Waals surface area contributed by atoms with E-state index in [1.165, 1.54) is 19.4 Å². The number of ether oxygens (including phenoxy) is 1. The van der Waals surface area contributed by atoms with Crippen molar-refractivity contribution in [3.63, 3.8) is 0 Å². The summed E-state index contributed by atoms with van der Waals surface area (Å²) in [5, 5.41) is 8.89. The van der Waals surface area contributed by atoms with Gasteiger partial charge in [0, 0.05) is 28.3 Å². The summed E-state index contributed by atoms with van der Waals surface area (Å²) in [6.07, 6.45) is 1.57. The zero-order valence-electron chi connectivity index (χ0n) is 19.7. The Morgan fingerprint density at radius 1 is 0.974 bits per heavy atom. The topological polar surface area (TPSA) is 161 Å². The van der Waals surface area contributed by atoms with Crippen LogP contribution in [0.15, 0.2) is 88.1 Å². The summed E-state index contributed by atoms with van der Waals surface area (Å²) < 4.78 is 38.0. The molecular weight excluding hydrogens is 519 g/mol. The summed E-state index contributed by atoms with van der Waals surface area (Å²) in [6.45, 7) is 0. The van der Waals surface area contributed by atoms with E-state index in [0.717, 1.165) is 5.56 Å². The third-order valence-corrected chi connectivity index (χ3v) is 6.51. The number of hydrogen-bond donors (Lipinski definition) is 2. The molecule has 3 N–H and O–H groups in total. The second kappa shape index (κ2) is 12.4. The first-order valence-electron chi connectivity index (χ1n) is 11.0. The number of rotatable bonds is 8. The number of methoxy groups -OCH3 is 1. The minimum atomic E-state index is -4.52. The first-order chi connectivity index (χ1) is 17.7. The second-order valence-corrected chi connectivity index (χ2v) is 9.40. The zero-order valence-corrected chi connectivity index (χ0v) is 20.5. The van der Waals surface area contributed by atoms with Crippen LogP contribution in [0.5, 0.6) is 0 Å². The molecular formula is C26H23N4NaO6S. The number of nitrogens with two attached hydrogens (primary N) is 1. The van der Waals surface area contributed by atoms with E-state index in [4.69, 9.17) is 5.73 Å². The summed E-state index contributed by atoms with van der Waals surface area (Å²) in [5.74, 6) is -0.598. The standard InChI is InChI=1S/C26H22N4O6S.Na.H/c1-36-25(32)13-12-23(31)17-8-6-16(7-9-17)21-11-10-18(15-28-21)29-30-22-14-24(37(33,34)35)19-4-2-3-5-20(19)26(22)27;;/h2-11,14-15H,12-13,27H2,1H3,(H,33,34,35);;. The van der Waals surface area contributed by atoms with Gasteiger partial charge >= 0.3 is 35.5 Å². The molecule has 0 radical (unpaired) electrons. The van der Waals surface area contributed by atoms with E-state index in [-0.39, 0.29) is 69.8 Å². The summed E-state index contributed by atoms with van der Waals surface area (Å²) in [6, 6.07) is 17.9. The molecule has 0 aliphatic rings. The molecule has 4 aromatic rings. The zero-order chi connectivity index (χ0) is 26.6. The molecule has 0 aliphatic heterocycles. The van der Waals surface area contributed by atoms with Gasteiger partial charge in [-0.25, -0.2) is 0 Å². The van der Waals surface area contributed by atoms with Crippen molar-refractivity contribution in [3.05, 3.63) is 78.5 Å². The van der Waals surface area contributed by atoms with Crippen LogP contribution in [-0.4, -0.2) is 66.4 Å². The molecule has 0 saturated heterocycles. The number of hydrogen-bond acceptors (Lipinski definition) is 9. The van der Waals surface area contributed by atoms with Crippen LogP contribution in [0.1, 0.15) is 23.2 Å². The van der Waals surface area contributed by atoms with Crippen molar-refractivity contribution in [2.45, 2.75) is 17.7 Å². The molecule has 1 heterocycles. The van der Waals surface area contributed by atoms with Gasteiger partial charge in [-0.2, -0.15) is 8.42 Å². The van der Waals surface area contributed by atoms with Crippen molar-refractivity contribution in [3.8, 4) is 11.3 Å². The van der Waals surface area contributed by atoms with E-state index in [0.29, 0.717) is 22.3 Å². The van der Waals surface area contributed by atoms with Crippen LogP contribution in [0.3, 0.4) is 0 Å². The van der Waals surface area contributed by atoms with Gasteiger partial charge in [0.2, 0.25) is 0 Å². The Balaban J connectivity index is 0.00000400. The van der Waals surface area contributed by atoms with Crippen LogP contribution >= 0.6 is 0 Å². The van der Waals surface area contributed by atoms with Crippen molar-refractivity contribution < 1.29 is 27.3 Å². The average molecular weight is 543 g/mol. The number of benzene rings is 3. The number of aromatic nitrogens is 1. The number of esters is 1. The van der Waals surface area contributed by atoms with Crippen LogP contribution < -0.4 is 5.73 Å². The molecule has 12 heteroatoms. The minimum absolute atomic E-state index is 0. The maximum atomic E-state index is 12.2. The van der Waals surface area contributed by atoms with Crippen LogP contribution in [0.4, 0.5) is 17.1 Å². The summed E-state index contributed by atoms with van der Waals surface area (Å²) >= 11 is 0. The van der Waals surface area contributed by atoms with Gasteiger partial charge in [0.1, 0.15) is 16.3 Å². The van der Waals surface area contributed by atoms with Crippen molar-refractivity contribution >= 4 is 79.3 Å². The number of carbonyl (C=O) groups is 2. The van der Waals surface area contributed by atoms with Crippen LogP contribution in [0.25, 0.3) is 22.0 Å². The Bertz CT molecular complexity index is 1620. The van der Waals surface area contributed by atoms with E-state index in [9.17, 15) is 22.6 Å². The first kappa shape index (κ1) is 29.1. The number of carbonyl (C=O) groups excluding carboxylic acids is 2. The molecule has 4 rings (SSSR count). The van der Waals surface area contributed by atoms with Crippen LogP contribution in [-0.2, 0) is 19.6 Å². The molecule has 0 atom stereocenters. The Kier molecular flexibility index (Phi) is 9.47. The van der Waals surface area contributed by atoms with Gasteiger partial charge in [0.25, 0.3) is 10.1 Å². The molecule has 0 bridgehead atoms. The number of Topliss-reactive ketones (excluding diaryl/α,β-unsaturated/α-hetero) is 1. The van der Waals surface area contributed by atoms with E-state index in [1.54, 1.807) is 60.7 Å². The van der Waals surface area contributed by atoms with Crippen molar-refractivity contribution in [1.29, 1.82) is 0 Å². The van der Waals surface area contributed by atoms with E-state index in [1.807, 2.05) is 0 Å². The maximum absolute atomic E-state index is 12.2. The third-order valence-electron chi connectivity index (χ3n) is 5.61. The first-order valence-corrected chi connectivity index (χ1v) is 12.5. The molecule has 190 valence electrons. The normalized spacial score (nSPS) is 11.3. The molecule has 0 saturated carbocycles. The Morgan fingerprint density at radius 2 is 1.66 bits per heavy atom. The van der Waals surface area contributed by atoms with Gasteiger partial charge in [0.05, 0.1) is 31.1 Å². The molecule has 0 aliphatic carbocycles. The fraction of sp³-hybridized carbons (Fsp3) is 0.115. The number of ketones is 1. The van der Waals surface area contributed by atoms with Crippen molar-refractivity contribution in [1.82, 2.24) is 4.98 Å². The molecule has 3 aromatic carbocycles. The molecule has 0 spiro atoms. The van der Waals surface area contributed by atoms with Crippen molar-refractivity contribution in [2.75, 3.05) is 12.8 Å². The van der Waals surface area contributed by atoms with Gasteiger partial charge in [-0.3, -0.25) is 19.1 Å². The van der Waals surface area contributed by atoms with Gasteiger partial charge < -0.3 is 10.5 Å². The number of nitrogens with zero attached hydrogens (tertiary/aromatic N) is 3. The van der Waals surface area contributed by atoms with E-state index in [2.05, 4.69) is 19.9 Å². The third kappa shape index (κ3) is 6.69. The Morgan fingerprint density at radius 3 is 2.26 bits per heavy atom. The van der Waals surface area contributed by atoms with E-state index < -0.39 is 16.1 Å². The van der Waals surface area contributed by atoms with Crippen LogP contribution in [0.2, 0.25) is 0 Å². The summed E-state index contributed by atoms with van der Waals surface area (Å²) in [7, 11) is -3.24. The number of pyridine rings is 1. The van der Waals surface area contributed by atoms with Gasteiger partial charge in [-0.1, -0.05) is 48.5 Å². The van der Waals surface area contributed by atoms with Crippen molar-refractivity contribution in [2.24, 2.45) is 10.2 Å². The van der Waals surface area contributed by atoms with Crippen LogP contribution in [0, 0.1) is 0 Å². The number of fused-ring (bicyclic) bond motifs is 1. The quantitative estimate of drug-likeness (QED) is 0.0813. The van der Waals surface area contributed by atoms with Gasteiger partial charge in [-0.15, -0.1) is 10.2 Å². The second-order valence-electron chi connectivity index (χ2n) is 8.01. The summed E-state index contributed by atoms with van der Waals surface area (Å²) in [4.78, 5) is 27.5. The Labute approximate surface area is 241 Å². The fourth-order valence-electron chi connectivity index (χ4n) is 3.66. The number of azo groups is 1. The predicted octanol–water partition coefficient (Wildman–Crippen LogP) is 4.63. The number of anilines is 1. The monoisotopic (exact) mass is 542 g/mol. The Hall–Kier alpha value is -3.48. The average Bonchev–Trinajstić information content (AvgIpc) is 2.91. The van der Waals surface area contributed by atoms with Gasteiger partial charge in [0.15, 0.2) is 5.78 Å².